The van der Waals surface area contributed by atoms with Gasteiger partial charge in [-0.3, -0.25) is 9.59 Å². The minimum atomic E-state index is -0.185. The molecule has 1 aliphatic rings. The van der Waals surface area contributed by atoms with Crippen molar-refractivity contribution in [2.45, 2.75) is 39.0 Å². The highest BCUT2D eigenvalue weighted by molar-refractivity contribution is 5.97. The summed E-state index contributed by atoms with van der Waals surface area (Å²) in [4.78, 5) is 24.7. The summed E-state index contributed by atoms with van der Waals surface area (Å²) < 4.78 is 0. The molecule has 2 amide bonds. The minimum absolute atomic E-state index is 0.000293. The Labute approximate surface area is 155 Å². The second-order valence-electron chi connectivity index (χ2n) is 7.10. The van der Waals surface area contributed by atoms with Gasteiger partial charge in [0.05, 0.1) is 5.92 Å². The van der Waals surface area contributed by atoms with Crippen molar-refractivity contribution in [3.8, 4) is 0 Å². The fourth-order valence-corrected chi connectivity index (χ4v) is 3.08. The first kappa shape index (κ1) is 18.2. The van der Waals surface area contributed by atoms with Gasteiger partial charge in [0.15, 0.2) is 0 Å². The van der Waals surface area contributed by atoms with E-state index in [1.807, 2.05) is 54.6 Å². The summed E-state index contributed by atoms with van der Waals surface area (Å²) in [7, 11) is 0. The Hall–Kier alpha value is -2.62. The second kappa shape index (κ2) is 8.17. The second-order valence-corrected chi connectivity index (χ2v) is 7.10. The summed E-state index contributed by atoms with van der Waals surface area (Å²) in [6.07, 6.45) is 2.89. The van der Waals surface area contributed by atoms with Crippen LogP contribution in [0.4, 0.5) is 11.4 Å². The van der Waals surface area contributed by atoms with E-state index in [1.165, 1.54) is 0 Å². The monoisotopic (exact) mass is 350 g/mol. The maximum absolute atomic E-state index is 12.9. The molecule has 2 N–H and O–H groups in total. The molecule has 0 bridgehead atoms. The standard InChI is InChI=1S/C22H26N2O2/c1-3-15(2)20(16-7-5-4-6-8-16)22(26)24-19-13-11-18(12-14-19)23-21(25)17-9-10-17/h4-8,11-15,17,20H,3,9-10H2,1-2H3,(H,23,25)(H,24,26)/t15-,20-/m0/s1. The van der Waals surface area contributed by atoms with E-state index in [4.69, 9.17) is 0 Å². The van der Waals surface area contributed by atoms with Crippen LogP contribution in [0.2, 0.25) is 0 Å². The van der Waals surface area contributed by atoms with Crippen molar-refractivity contribution < 1.29 is 9.59 Å². The molecular formula is C22H26N2O2. The van der Waals surface area contributed by atoms with Crippen LogP contribution in [0.15, 0.2) is 54.6 Å². The number of rotatable bonds is 7. The van der Waals surface area contributed by atoms with E-state index in [1.54, 1.807) is 0 Å². The van der Waals surface area contributed by atoms with Crippen LogP contribution in [-0.2, 0) is 9.59 Å². The van der Waals surface area contributed by atoms with E-state index in [2.05, 4.69) is 24.5 Å². The topological polar surface area (TPSA) is 58.2 Å². The molecule has 0 aliphatic heterocycles. The van der Waals surface area contributed by atoms with Gasteiger partial charge in [0.2, 0.25) is 11.8 Å². The van der Waals surface area contributed by atoms with Crippen LogP contribution < -0.4 is 10.6 Å². The summed E-state index contributed by atoms with van der Waals surface area (Å²) in [5, 5.41) is 5.93. The predicted molar refractivity (Wildman–Crippen MR) is 105 cm³/mol. The van der Waals surface area contributed by atoms with Gasteiger partial charge in [0.1, 0.15) is 0 Å². The molecule has 0 spiro atoms. The number of hydrogen-bond acceptors (Lipinski definition) is 2. The molecule has 0 heterocycles. The minimum Gasteiger partial charge on any atom is -0.326 e. The van der Waals surface area contributed by atoms with Crippen molar-refractivity contribution >= 4 is 23.2 Å². The van der Waals surface area contributed by atoms with Crippen molar-refractivity contribution in [1.82, 2.24) is 0 Å². The molecule has 0 aromatic heterocycles. The average molecular weight is 350 g/mol. The fraction of sp³-hybridized carbons (Fsp3) is 0.364. The van der Waals surface area contributed by atoms with E-state index in [9.17, 15) is 9.59 Å². The van der Waals surface area contributed by atoms with Crippen LogP contribution in [-0.4, -0.2) is 11.8 Å². The van der Waals surface area contributed by atoms with Gasteiger partial charge in [-0.1, -0.05) is 50.6 Å². The maximum atomic E-state index is 12.9. The molecule has 0 unspecified atom stereocenters. The Morgan fingerprint density at radius 3 is 2.08 bits per heavy atom. The number of hydrogen-bond donors (Lipinski definition) is 2. The quantitative estimate of drug-likeness (QED) is 0.753. The van der Waals surface area contributed by atoms with Crippen LogP contribution in [0.3, 0.4) is 0 Å². The van der Waals surface area contributed by atoms with Crippen molar-refractivity contribution in [1.29, 1.82) is 0 Å². The first-order valence-electron chi connectivity index (χ1n) is 9.35. The zero-order chi connectivity index (χ0) is 18.5. The van der Waals surface area contributed by atoms with Gasteiger partial charge in [-0.15, -0.1) is 0 Å². The predicted octanol–water partition coefficient (Wildman–Crippen LogP) is 4.80. The van der Waals surface area contributed by atoms with Crippen LogP contribution in [0.5, 0.6) is 0 Å². The Morgan fingerprint density at radius 2 is 1.54 bits per heavy atom. The van der Waals surface area contributed by atoms with Gasteiger partial charge in [0, 0.05) is 17.3 Å². The summed E-state index contributed by atoms with van der Waals surface area (Å²) in [5.41, 5.74) is 2.54. The third-order valence-electron chi connectivity index (χ3n) is 5.02. The van der Waals surface area contributed by atoms with E-state index in [0.29, 0.717) is 0 Å². The molecule has 2 aromatic rings. The lowest BCUT2D eigenvalue weighted by atomic mass is 9.85. The molecule has 2 atom stereocenters. The summed E-state index contributed by atoms with van der Waals surface area (Å²) in [6, 6.07) is 17.2. The van der Waals surface area contributed by atoms with E-state index in [0.717, 1.165) is 36.2 Å². The van der Waals surface area contributed by atoms with Gasteiger partial charge in [-0.05, 0) is 48.6 Å². The lowest BCUT2D eigenvalue weighted by molar-refractivity contribution is -0.119. The molecule has 1 saturated carbocycles. The first-order valence-corrected chi connectivity index (χ1v) is 9.35. The SMILES string of the molecule is CC[C@H](C)[C@H](C(=O)Nc1ccc(NC(=O)C2CC2)cc1)c1ccccc1. The zero-order valence-corrected chi connectivity index (χ0v) is 15.4. The molecule has 2 aromatic carbocycles. The summed E-state index contributed by atoms with van der Waals surface area (Å²) in [6.45, 7) is 4.21. The number of benzene rings is 2. The fourth-order valence-electron chi connectivity index (χ4n) is 3.08. The van der Waals surface area contributed by atoms with E-state index >= 15 is 0 Å². The molecule has 0 saturated heterocycles. The van der Waals surface area contributed by atoms with Crippen molar-refractivity contribution in [3.63, 3.8) is 0 Å². The third kappa shape index (κ3) is 4.51. The Balaban J connectivity index is 1.67. The van der Waals surface area contributed by atoms with Gasteiger partial charge >= 0.3 is 0 Å². The normalized spacial score (nSPS) is 15.8. The van der Waals surface area contributed by atoms with E-state index < -0.39 is 0 Å². The van der Waals surface area contributed by atoms with Crippen molar-refractivity contribution in [2.24, 2.45) is 11.8 Å². The molecule has 26 heavy (non-hydrogen) atoms. The number of anilines is 2. The lowest BCUT2D eigenvalue weighted by Gasteiger charge is -2.23. The van der Waals surface area contributed by atoms with Crippen LogP contribution in [0.1, 0.15) is 44.6 Å². The Morgan fingerprint density at radius 1 is 0.962 bits per heavy atom. The maximum Gasteiger partial charge on any atom is 0.232 e. The van der Waals surface area contributed by atoms with Gasteiger partial charge in [0.25, 0.3) is 0 Å². The largest absolute Gasteiger partial charge is 0.326 e. The number of carbonyl (C=O) groups excluding carboxylic acids is 2. The summed E-state index contributed by atoms with van der Waals surface area (Å²) in [5.74, 6) is 0.324. The highest BCUT2D eigenvalue weighted by atomic mass is 16.2. The van der Waals surface area contributed by atoms with Gasteiger partial charge < -0.3 is 10.6 Å². The average Bonchev–Trinajstić information content (AvgIpc) is 3.49. The lowest BCUT2D eigenvalue weighted by Crippen LogP contribution is -2.26. The molecule has 0 radical (unpaired) electrons. The van der Waals surface area contributed by atoms with Crippen molar-refractivity contribution in [2.75, 3.05) is 10.6 Å². The van der Waals surface area contributed by atoms with Crippen LogP contribution in [0.25, 0.3) is 0 Å². The number of nitrogens with one attached hydrogen (secondary N) is 2. The van der Waals surface area contributed by atoms with Gasteiger partial charge in [-0.2, -0.15) is 0 Å². The van der Waals surface area contributed by atoms with Gasteiger partial charge in [-0.25, -0.2) is 0 Å². The molecular weight excluding hydrogens is 324 g/mol. The molecule has 1 aliphatic carbocycles. The summed E-state index contributed by atoms with van der Waals surface area (Å²) >= 11 is 0. The number of carbonyl (C=O) groups is 2. The van der Waals surface area contributed by atoms with Crippen LogP contribution >= 0.6 is 0 Å². The smallest absolute Gasteiger partial charge is 0.232 e. The molecule has 4 heteroatoms. The Bertz CT molecular complexity index is 751. The third-order valence-corrected chi connectivity index (χ3v) is 5.02. The molecule has 1 fully saturated rings. The Kier molecular flexibility index (Phi) is 5.71. The highest BCUT2D eigenvalue weighted by Gasteiger charge is 2.29. The first-order chi connectivity index (χ1) is 12.6. The molecule has 4 nitrogen and oxygen atoms in total. The zero-order valence-electron chi connectivity index (χ0n) is 15.4. The molecule has 136 valence electrons. The number of amides is 2. The van der Waals surface area contributed by atoms with Crippen LogP contribution in [0, 0.1) is 11.8 Å². The van der Waals surface area contributed by atoms with Crippen molar-refractivity contribution in [3.05, 3.63) is 60.2 Å². The van der Waals surface area contributed by atoms with E-state index in [-0.39, 0.29) is 29.6 Å². The molecule has 3 rings (SSSR count). The highest BCUT2D eigenvalue weighted by Crippen LogP contribution is 2.31.